The maximum Gasteiger partial charge on any atom is 0.265 e. The number of aryl methyl sites for hydroxylation is 1. The number of anilines is 1. The van der Waals surface area contributed by atoms with Crippen LogP contribution in [-0.2, 0) is 16.6 Å². The number of rotatable bonds is 6. The summed E-state index contributed by atoms with van der Waals surface area (Å²) >= 11 is 0. The summed E-state index contributed by atoms with van der Waals surface area (Å²) in [7, 11) is -3.84. The van der Waals surface area contributed by atoms with Crippen molar-refractivity contribution >= 4 is 15.7 Å². The topological polar surface area (TPSA) is 90.0 Å². The summed E-state index contributed by atoms with van der Waals surface area (Å²) in [6.45, 7) is 1.03. The lowest BCUT2D eigenvalue weighted by molar-refractivity contribution is 0.582. The van der Waals surface area contributed by atoms with E-state index in [1.54, 1.807) is 6.07 Å². The van der Waals surface area contributed by atoms with E-state index >= 15 is 0 Å². The number of halogens is 1. The van der Waals surface area contributed by atoms with E-state index in [2.05, 4.69) is 9.82 Å². The average molecular weight is 298 g/mol. The van der Waals surface area contributed by atoms with Crippen LogP contribution in [0.15, 0.2) is 41.6 Å². The molecule has 0 fully saturated rings. The highest BCUT2D eigenvalue weighted by molar-refractivity contribution is 7.92. The van der Waals surface area contributed by atoms with Crippen LogP contribution in [-0.4, -0.2) is 24.7 Å². The Hall–Kier alpha value is -1.93. The van der Waals surface area contributed by atoms with Gasteiger partial charge in [-0.1, -0.05) is 12.1 Å². The standard InChI is InChI=1S/C12H15FN4O2S/c13-11-4-1-2-5-12(11)16-20(18,19)10-8-15-17(9-10)7-3-6-14/h1-2,4-5,8-9,16H,3,6-7,14H2. The molecule has 2 aromatic rings. The van der Waals surface area contributed by atoms with Crippen LogP contribution in [0.25, 0.3) is 0 Å². The van der Waals surface area contributed by atoms with Gasteiger partial charge in [-0.2, -0.15) is 5.10 Å². The highest BCUT2D eigenvalue weighted by Crippen LogP contribution is 2.18. The summed E-state index contributed by atoms with van der Waals surface area (Å²) in [5.41, 5.74) is 5.28. The smallest absolute Gasteiger partial charge is 0.265 e. The molecule has 0 saturated heterocycles. The summed E-state index contributed by atoms with van der Waals surface area (Å²) in [6, 6.07) is 5.57. The van der Waals surface area contributed by atoms with E-state index in [1.807, 2.05) is 0 Å². The number of para-hydroxylation sites is 1. The fraction of sp³-hybridized carbons (Fsp3) is 0.250. The van der Waals surface area contributed by atoms with Crippen LogP contribution >= 0.6 is 0 Å². The first-order chi connectivity index (χ1) is 9.53. The largest absolute Gasteiger partial charge is 0.330 e. The lowest BCUT2D eigenvalue weighted by Gasteiger charge is -2.06. The summed E-state index contributed by atoms with van der Waals surface area (Å²) < 4.78 is 41.3. The number of nitrogens with zero attached hydrogens (tertiary/aromatic N) is 2. The van der Waals surface area contributed by atoms with E-state index in [0.29, 0.717) is 19.5 Å². The highest BCUT2D eigenvalue weighted by Gasteiger charge is 2.18. The number of nitrogens with one attached hydrogen (secondary N) is 1. The molecule has 0 unspecified atom stereocenters. The molecule has 1 heterocycles. The third-order valence-electron chi connectivity index (χ3n) is 2.63. The van der Waals surface area contributed by atoms with E-state index in [9.17, 15) is 12.8 Å². The van der Waals surface area contributed by atoms with Gasteiger partial charge in [0.1, 0.15) is 10.7 Å². The molecule has 0 aliphatic rings. The Morgan fingerprint density at radius 3 is 2.80 bits per heavy atom. The van der Waals surface area contributed by atoms with Crippen LogP contribution in [0.5, 0.6) is 0 Å². The molecule has 1 aromatic carbocycles. The van der Waals surface area contributed by atoms with Gasteiger partial charge in [-0.3, -0.25) is 9.40 Å². The molecule has 3 N–H and O–H groups in total. The van der Waals surface area contributed by atoms with Gasteiger partial charge in [0.2, 0.25) is 0 Å². The molecule has 1 aromatic heterocycles. The van der Waals surface area contributed by atoms with Crippen LogP contribution in [0.4, 0.5) is 10.1 Å². The highest BCUT2D eigenvalue weighted by atomic mass is 32.2. The Morgan fingerprint density at radius 1 is 1.35 bits per heavy atom. The zero-order chi connectivity index (χ0) is 14.6. The summed E-state index contributed by atoms with van der Waals surface area (Å²) in [4.78, 5) is -0.0159. The Labute approximate surface area is 116 Å². The maximum atomic E-state index is 13.4. The lowest BCUT2D eigenvalue weighted by Crippen LogP contribution is -2.13. The first-order valence-corrected chi connectivity index (χ1v) is 7.51. The third kappa shape index (κ3) is 3.34. The van der Waals surface area contributed by atoms with Crippen molar-refractivity contribution in [1.82, 2.24) is 9.78 Å². The average Bonchev–Trinajstić information content (AvgIpc) is 2.88. The predicted octanol–water partition coefficient (Wildman–Crippen LogP) is 1.17. The van der Waals surface area contributed by atoms with Crippen molar-refractivity contribution in [2.24, 2.45) is 5.73 Å². The van der Waals surface area contributed by atoms with Gasteiger partial charge in [0, 0.05) is 12.7 Å². The summed E-state index contributed by atoms with van der Waals surface area (Å²) in [5.74, 6) is -0.633. The number of hydrogen-bond donors (Lipinski definition) is 2. The Balaban J connectivity index is 2.18. The van der Waals surface area contributed by atoms with Gasteiger partial charge < -0.3 is 5.73 Å². The van der Waals surface area contributed by atoms with Crippen molar-refractivity contribution in [1.29, 1.82) is 0 Å². The van der Waals surface area contributed by atoms with E-state index in [1.165, 1.54) is 35.3 Å². The zero-order valence-corrected chi connectivity index (χ0v) is 11.5. The Kier molecular flexibility index (Phi) is 4.35. The quantitative estimate of drug-likeness (QED) is 0.837. The van der Waals surface area contributed by atoms with Gasteiger partial charge in [-0.05, 0) is 25.1 Å². The van der Waals surface area contributed by atoms with E-state index in [0.717, 1.165) is 0 Å². The Bertz CT molecular complexity index is 684. The Morgan fingerprint density at radius 2 is 2.10 bits per heavy atom. The molecule has 0 aliphatic carbocycles. The third-order valence-corrected chi connectivity index (χ3v) is 3.95. The number of sulfonamides is 1. The van der Waals surface area contributed by atoms with Crippen LogP contribution in [0.2, 0.25) is 0 Å². The minimum atomic E-state index is -3.84. The predicted molar refractivity (Wildman–Crippen MR) is 73.1 cm³/mol. The fourth-order valence-electron chi connectivity index (χ4n) is 1.61. The first-order valence-electron chi connectivity index (χ1n) is 6.03. The molecular formula is C12H15FN4O2S. The number of hydrogen-bond acceptors (Lipinski definition) is 4. The van der Waals surface area contributed by atoms with Crippen LogP contribution in [0.3, 0.4) is 0 Å². The summed E-state index contributed by atoms with van der Waals surface area (Å²) in [5, 5.41) is 3.93. The van der Waals surface area contributed by atoms with Crippen molar-refractivity contribution in [3.8, 4) is 0 Å². The molecule has 6 nitrogen and oxygen atoms in total. The molecule has 0 saturated carbocycles. The molecule has 0 radical (unpaired) electrons. The van der Waals surface area contributed by atoms with Gasteiger partial charge in [-0.15, -0.1) is 0 Å². The molecule has 0 aliphatic heterocycles. The second-order valence-corrected chi connectivity index (χ2v) is 5.85. The van der Waals surface area contributed by atoms with Crippen LogP contribution in [0, 0.1) is 5.82 Å². The van der Waals surface area contributed by atoms with E-state index < -0.39 is 15.8 Å². The lowest BCUT2D eigenvalue weighted by atomic mass is 10.3. The van der Waals surface area contributed by atoms with Gasteiger partial charge in [0.05, 0.1) is 11.9 Å². The van der Waals surface area contributed by atoms with Gasteiger partial charge in [0.15, 0.2) is 0 Å². The van der Waals surface area contributed by atoms with Gasteiger partial charge in [0.25, 0.3) is 10.0 Å². The second-order valence-electron chi connectivity index (χ2n) is 4.17. The van der Waals surface area contributed by atoms with E-state index in [4.69, 9.17) is 5.73 Å². The van der Waals surface area contributed by atoms with E-state index in [-0.39, 0.29) is 10.6 Å². The molecule has 0 spiro atoms. The minimum absolute atomic E-state index is 0.0159. The van der Waals surface area contributed by atoms with Crippen LogP contribution in [0.1, 0.15) is 6.42 Å². The van der Waals surface area contributed by atoms with Crippen molar-refractivity contribution < 1.29 is 12.8 Å². The first kappa shape index (κ1) is 14.5. The number of aromatic nitrogens is 2. The normalized spacial score (nSPS) is 11.5. The van der Waals surface area contributed by atoms with Gasteiger partial charge in [-0.25, -0.2) is 12.8 Å². The maximum absolute atomic E-state index is 13.4. The molecule has 2 rings (SSSR count). The number of benzene rings is 1. The molecule has 0 bridgehead atoms. The molecular weight excluding hydrogens is 283 g/mol. The minimum Gasteiger partial charge on any atom is -0.330 e. The fourth-order valence-corrected chi connectivity index (χ4v) is 2.63. The molecule has 8 heteroatoms. The second kappa shape index (κ2) is 6.02. The van der Waals surface area contributed by atoms with Crippen molar-refractivity contribution in [2.75, 3.05) is 11.3 Å². The monoisotopic (exact) mass is 298 g/mol. The van der Waals surface area contributed by atoms with Crippen molar-refractivity contribution in [3.63, 3.8) is 0 Å². The SMILES string of the molecule is NCCCn1cc(S(=O)(=O)Nc2ccccc2F)cn1. The molecule has 108 valence electrons. The van der Waals surface area contributed by atoms with Gasteiger partial charge >= 0.3 is 0 Å². The van der Waals surface area contributed by atoms with Crippen LogP contribution < -0.4 is 10.5 Å². The summed E-state index contributed by atoms with van der Waals surface area (Å²) in [6.07, 6.45) is 3.31. The van der Waals surface area contributed by atoms with Crippen molar-refractivity contribution in [2.45, 2.75) is 17.9 Å². The number of nitrogens with two attached hydrogens (primary N) is 1. The molecule has 20 heavy (non-hydrogen) atoms. The zero-order valence-electron chi connectivity index (χ0n) is 10.7. The molecule has 0 amide bonds. The molecule has 0 atom stereocenters. The van der Waals surface area contributed by atoms with Crippen molar-refractivity contribution in [3.05, 3.63) is 42.5 Å².